The molecule has 1 amide bonds. The van der Waals surface area contributed by atoms with Gasteiger partial charge in [-0.3, -0.25) is 4.79 Å². The van der Waals surface area contributed by atoms with Gasteiger partial charge in [0, 0.05) is 5.69 Å². The maximum atomic E-state index is 12.4. The van der Waals surface area contributed by atoms with E-state index in [1.807, 2.05) is 45.0 Å². The lowest BCUT2D eigenvalue weighted by atomic mass is 9.99. The van der Waals surface area contributed by atoms with Gasteiger partial charge in [0.1, 0.15) is 6.04 Å². The number of aliphatic carboxylic acids is 1. The minimum Gasteiger partial charge on any atom is -0.480 e. The number of carbonyl (C=O) groups is 2. The molecule has 2 aromatic rings. The Kier molecular flexibility index (Phi) is 5.39. The number of nitrogens with zero attached hydrogens (tertiary/aromatic N) is 2. The van der Waals surface area contributed by atoms with Crippen molar-refractivity contribution in [1.82, 2.24) is 15.1 Å². The Morgan fingerprint density at radius 3 is 2.42 bits per heavy atom. The minimum atomic E-state index is -1.03. The molecular weight excluding hydrogens is 306 g/mol. The highest BCUT2D eigenvalue weighted by Gasteiger charge is 2.26. The van der Waals surface area contributed by atoms with Crippen LogP contribution < -0.4 is 5.32 Å². The summed E-state index contributed by atoms with van der Waals surface area (Å²) in [5.74, 6) is -1.67. The number of carboxylic acid groups (broad SMARTS) is 1. The smallest absolute Gasteiger partial charge is 0.326 e. The van der Waals surface area contributed by atoms with Crippen LogP contribution in [0.4, 0.5) is 0 Å². The number of carboxylic acids is 1. The topological polar surface area (TPSA) is 84.2 Å². The number of benzene rings is 1. The fraction of sp³-hybridized carbons (Fsp3) is 0.389. The Hall–Kier alpha value is -2.63. The number of hydrogen-bond acceptors (Lipinski definition) is 3. The third-order valence-corrected chi connectivity index (χ3v) is 4.16. The van der Waals surface area contributed by atoms with Crippen LogP contribution in [0.5, 0.6) is 0 Å². The van der Waals surface area contributed by atoms with Crippen LogP contribution in [0.1, 0.15) is 42.0 Å². The maximum absolute atomic E-state index is 12.4. The average molecular weight is 329 g/mol. The molecule has 2 N–H and O–H groups in total. The van der Waals surface area contributed by atoms with Crippen LogP contribution in [0.3, 0.4) is 0 Å². The lowest BCUT2D eigenvalue weighted by Gasteiger charge is -2.19. The molecular formula is C18H23N3O3. The van der Waals surface area contributed by atoms with Gasteiger partial charge in [0.2, 0.25) is 0 Å². The Labute approximate surface area is 141 Å². The molecule has 0 radical (unpaired) electrons. The lowest BCUT2D eigenvalue weighted by molar-refractivity contribution is -0.140. The van der Waals surface area contributed by atoms with Crippen LogP contribution in [-0.2, 0) is 4.79 Å². The van der Waals surface area contributed by atoms with Crippen LogP contribution in [0.2, 0.25) is 0 Å². The van der Waals surface area contributed by atoms with Gasteiger partial charge in [0.05, 0.1) is 5.69 Å². The van der Waals surface area contributed by atoms with Crippen LogP contribution in [0.15, 0.2) is 30.3 Å². The predicted molar refractivity (Wildman–Crippen MR) is 91.4 cm³/mol. The first-order chi connectivity index (χ1) is 11.3. The summed E-state index contributed by atoms with van der Waals surface area (Å²) in [5, 5.41) is 16.2. The van der Waals surface area contributed by atoms with E-state index in [1.54, 1.807) is 17.7 Å². The maximum Gasteiger partial charge on any atom is 0.326 e. The molecule has 1 aromatic heterocycles. The molecule has 1 aromatic carbocycles. The van der Waals surface area contributed by atoms with Crippen molar-refractivity contribution in [3.63, 3.8) is 0 Å². The summed E-state index contributed by atoms with van der Waals surface area (Å²) in [7, 11) is 0. The van der Waals surface area contributed by atoms with Crippen LogP contribution in [0.25, 0.3) is 5.69 Å². The highest BCUT2D eigenvalue weighted by Crippen LogP contribution is 2.14. The van der Waals surface area contributed by atoms with E-state index in [2.05, 4.69) is 10.4 Å². The molecule has 0 aliphatic heterocycles. The number of carbonyl (C=O) groups excluding carboxylic acids is 1. The van der Waals surface area contributed by atoms with Gasteiger partial charge in [-0.25, -0.2) is 9.48 Å². The van der Waals surface area contributed by atoms with Crippen molar-refractivity contribution in [2.75, 3.05) is 0 Å². The van der Waals surface area contributed by atoms with Gasteiger partial charge in [-0.1, -0.05) is 38.0 Å². The van der Waals surface area contributed by atoms with Crippen molar-refractivity contribution >= 4 is 11.9 Å². The lowest BCUT2D eigenvalue weighted by Crippen LogP contribution is -2.45. The first-order valence-corrected chi connectivity index (χ1v) is 8.00. The standard InChI is InChI=1S/C18H23N3O3/c1-5-12(3)16(18(23)24)19-17(22)15-10-13(4)21(20-15)14-8-6-11(2)7-9-14/h6-10,12,16H,5H2,1-4H3,(H,19,22)(H,23,24)/t12-,16-/m0/s1. The van der Waals surface area contributed by atoms with Gasteiger partial charge in [-0.15, -0.1) is 0 Å². The molecule has 0 fully saturated rings. The van der Waals surface area contributed by atoms with Crippen molar-refractivity contribution in [3.05, 3.63) is 47.3 Å². The molecule has 6 heteroatoms. The zero-order valence-electron chi connectivity index (χ0n) is 14.4. The van der Waals surface area contributed by atoms with Crippen LogP contribution in [0, 0.1) is 19.8 Å². The summed E-state index contributed by atoms with van der Waals surface area (Å²) in [6.07, 6.45) is 0.661. The second kappa shape index (κ2) is 7.29. The molecule has 128 valence electrons. The number of amides is 1. The summed E-state index contributed by atoms with van der Waals surface area (Å²) in [6.45, 7) is 7.55. The summed E-state index contributed by atoms with van der Waals surface area (Å²) in [6, 6.07) is 8.53. The molecule has 0 saturated heterocycles. The summed E-state index contributed by atoms with van der Waals surface area (Å²) in [4.78, 5) is 23.7. The Balaban J connectivity index is 2.23. The van der Waals surface area contributed by atoms with E-state index in [9.17, 15) is 14.7 Å². The molecule has 0 aliphatic carbocycles. The van der Waals surface area contributed by atoms with E-state index in [0.29, 0.717) is 6.42 Å². The van der Waals surface area contributed by atoms with E-state index >= 15 is 0 Å². The molecule has 0 spiro atoms. The SMILES string of the molecule is CC[C@H](C)[C@H](NC(=O)c1cc(C)n(-c2ccc(C)cc2)n1)C(=O)O. The van der Waals surface area contributed by atoms with Gasteiger partial charge in [0.15, 0.2) is 5.69 Å². The molecule has 6 nitrogen and oxygen atoms in total. The van der Waals surface area contributed by atoms with Crippen molar-refractivity contribution in [2.45, 2.75) is 40.2 Å². The van der Waals surface area contributed by atoms with Crippen LogP contribution >= 0.6 is 0 Å². The second-order valence-electron chi connectivity index (χ2n) is 6.09. The quantitative estimate of drug-likeness (QED) is 0.853. The predicted octanol–water partition coefficient (Wildman–Crippen LogP) is 2.72. The molecule has 0 saturated carbocycles. The van der Waals surface area contributed by atoms with Crippen molar-refractivity contribution in [2.24, 2.45) is 5.92 Å². The number of aryl methyl sites for hydroxylation is 2. The molecule has 0 aliphatic rings. The van der Waals surface area contributed by atoms with Gasteiger partial charge >= 0.3 is 5.97 Å². The number of hydrogen-bond donors (Lipinski definition) is 2. The molecule has 2 rings (SSSR count). The average Bonchev–Trinajstić information content (AvgIpc) is 2.94. The number of aromatic nitrogens is 2. The third kappa shape index (κ3) is 3.82. The Bertz CT molecular complexity index is 734. The highest BCUT2D eigenvalue weighted by molar-refractivity contribution is 5.95. The Morgan fingerprint density at radius 2 is 1.88 bits per heavy atom. The normalized spacial score (nSPS) is 13.3. The molecule has 2 atom stereocenters. The molecule has 1 heterocycles. The summed E-state index contributed by atoms with van der Waals surface area (Å²) in [5.41, 5.74) is 3.01. The fourth-order valence-electron chi connectivity index (χ4n) is 2.43. The Morgan fingerprint density at radius 1 is 1.25 bits per heavy atom. The zero-order chi connectivity index (χ0) is 17.9. The molecule has 0 unspecified atom stereocenters. The van der Waals surface area contributed by atoms with Crippen molar-refractivity contribution in [3.8, 4) is 5.69 Å². The zero-order valence-corrected chi connectivity index (χ0v) is 14.4. The van der Waals surface area contributed by atoms with Crippen LogP contribution in [-0.4, -0.2) is 32.8 Å². The van der Waals surface area contributed by atoms with E-state index in [4.69, 9.17) is 0 Å². The number of nitrogens with one attached hydrogen (secondary N) is 1. The largest absolute Gasteiger partial charge is 0.480 e. The fourth-order valence-corrected chi connectivity index (χ4v) is 2.43. The number of rotatable bonds is 6. The van der Waals surface area contributed by atoms with E-state index in [-0.39, 0.29) is 11.6 Å². The molecule has 24 heavy (non-hydrogen) atoms. The minimum absolute atomic E-state index is 0.160. The summed E-state index contributed by atoms with van der Waals surface area (Å²) < 4.78 is 1.67. The monoisotopic (exact) mass is 329 g/mol. The van der Waals surface area contributed by atoms with Crippen molar-refractivity contribution < 1.29 is 14.7 Å². The van der Waals surface area contributed by atoms with Gasteiger partial charge < -0.3 is 10.4 Å². The summed E-state index contributed by atoms with van der Waals surface area (Å²) >= 11 is 0. The van der Waals surface area contributed by atoms with Gasteiger partial charge in [-0.05, 0) is 38.0 Å². The highest BCUT2D eigenvalue weighted by atomic mass is 16.4. The van der Waals surface area contributed by atoms with E-state index in [0.717, 1.165) is 16.9 Å². The first kappa shape index (κ1) is 17.7. The second-order valence-corrected chi connectivity index (χ2v) is 6.09. The van der Waals surface area contributed by atoms with Gasteiger partial charge in [-0.2, -0.15) is 5.10 Å². The van der Waals surface area contributed by atoms with Gasteiger partial charge in [0.25, 0.3) is 5.91 Å². The van der Waals surface area contributed by atoms with Crippen molar-refractivity contribution in [1.29, 1.82) is 0 Å². The first-order valence-electron chi connectivity index (χ1n) is 8.00. The third-order valence-electron chi connectivity index (χ3n) is 4.16. The van der Waals surface area contributed by atoms with E-state index < -0.39 is 17.9 Å². The van der Waals surface area contributed by atoms with E-state index in [1.165, 1.54) is 0 Å². The molecule has 0 bridgehead atoms.